The lowest BCUT2D eigenvalue weighted by Crippen LogP contribution is -2.16. The van der Waals surface area contributed by atoms with Crippen LogP contribution in [0.4, 0.5) is 5.82 Å². The molecule has 6 nitrogen and oxygen atoms in total. The Hall–Kier alpha value is -2.50. The van der Waals surface area contributed by atoms with Gasteiger partial charge in [-0.3, -0.25) is 4.98 Å². The predicted molar refractivity (Wildman–Crippen MR) is 66.5 cm³/mol. The lowest BCUT2D eigenvalue weighted by Gasteiger charge is -2.14. The molecule has 1 N–H and O–H groups in total. The van der Waals surface area contributed by atoms with Crippen molar-refractivity contribution in [3.63, 3.8) is 0 Å². The Morgan fingerprint density at radius 2 is 2.06 bits per heavy atom. The van der Waals surface area contributed by atoms with Gasteiger partial charge in [0.25, 0.3) is 0 Å². The maximum Gasteiger partial charge on any atom is 0.341 e. The molecule has 0 spiro atoms. The van der Waals surface area contributed by atoms with E-state index in [9.17, 15) is 4.79 Å². The monoisotopic (exact) mass is 244 g/mol. The highest BCUT2D eigenvalue weighted by atomic mass is 16.4. The van der Waals surface area contributed by atoms with Gasteiger partial charge < -0.3 is 10.0 Å². The number of aromatic carboxylic acids is 1. The third kappa shape index (κ3) is 2.27. The number of carboxylic acid groups (broad SMARTS) is 1. The van der Waals surface area contributed by atoms with E-state index >= 15 is 0 Å². The molecule has 2 aromatic heterocycles. The normalized spacial score (nSPS) is 10.1. The zero-order valence-corrected chi connectivity index (χ0v) is 10.0. The van der Waals surface area contributed by atoms with Gasteiger partial charge in [-0.25, -0.2) is 14.8 Å². The first-order chi connectivity index (χ1) is 8.59. The van der Waals surface area contributed by atoms with E-state index in [1.165, 1.54) is 6.20 Å². The molecule has 92 valence electrons. The predicted octanol–water partition coefficient (Wildman–Crippen LogP) is 1.30. The fraction of sp³-hybridized carbons (Fsp3) is 0.167. The fourth-order valence-corrected chi connectivity index (χ4v) is 1.48. The molecular formula is C12H12N4O2. The van der Waals surface area contributed by atoms with Crippen LogP contribution in [0.3, 0.4) is 0 Å². The molecule has 6 heteroatoms. The van der Waals surface area contributed by atoms with Crippen LogP contribution in [-0.4, -0.2) is 40.1 Å². The van der Waals surface area contributed by atoms with Crippen LogP contribution in [0.25, 0.3) is 11.5 Å². The first-order valence-electron chi connectivity index (χ1n) is 5.28. The highest BCUT2D eigenvalue weighted by molar-refractivity contribution is 5.93. The van der Waals surface area contributed by atoms with Gasteiger partial charge in [-0.1, -0.05) is 6.07 Å². The molecular weight excluding hydrogens is 232 g/mol. The molecule has 0 unspecified atom stereocenters. The van der Waals surface area contributed by atoms with Crippen LogP contribution in [0.15, 0.2) is 30.6 Å². The minimum atomic E-state index is -1.05. The molecule has 0 aromatic carbocycles. The summed E-state index contributed by atoms with van der Waals surface area (Å²) in [6.45, 7) is 0. The third-order valence-corrected chi connectivity index (χ3v) is 2.32. The van der Waals surface area contributed by atoms with Crippen LogP contribution in [0.5, 0.6) is 0 Å². The van der Waals surface area contributed by atoms with Gasteiger partial charge in [0.1, 0.15) is 17.1 Å². The molecule has 0 atom stereocenters. The second-order valence-electron chi connectivity index (χ2n) is 3.85. The Morgan fingerprint density at radius 3 is 2.61 bits per heavy atom. The number of pyridine rings is 1. The second kappa shape index (κ2) is 4.79. The average Bonchev–Trinajstić information content (AvgIpc) is 2.39. The molecule has 0 saturated heterocycles. The van der Waals surface area contributed by atoms with Gasteiger partial charge in [-0.05, 0) is 12.1 Å². The molecule has 0 fully saturated rings. The van der Waals surface area contributed by atoms with E-state index in [0.717, 1.165) is 0 Å². The van der Waals surface area contributed by atoms with E-state index < -0.39 is 5.97 Å². The van der Waals surface area contributed by atoms with Gasteiger partial charge in [-0.2, -0.15) is 0 Å². The molecule has 0 aliphatic heterocycles. The highest BCUT2D eigenvalue weighted by Crippen LogP contribution is 2.19. The van der Waals surface area contributed by atoms with E-state index in [4.69, 9.17) is 5.11 Å². The summed E-state index contributed by atoms with van der Waals surface area (Å²) in [7, 11) is 3.47. The van der Waals surface area contributed by atoms with Crippen molar-refractivity contribution in [2.24, 2.45) is 0 Å². The number of aromatic nitrogens is 3. The summed E-state index contributed by atoms with van der Waals surface area (Å²) in [6, 6.07) is 5.39. The van der Waals surface area contributed by atoms with Crippen LogP contribution < -0.4 is 4.90 Å². The van der Waals surface area contributed by atoms with Crippen LogP contribution in [-0.2, 0) is 0 Å². The molecule has 2 aromatic rings. The summed E-state index contributed by atoms with van der Waals surface area (Å²) in [5, 5.41) is 9.05. The van der Waals surface area contributed by atoms with Gasteiger partial charge in [0.05, 0.1) is 0 Å². The second-order valence-corrected chi connectivity index (χ2v) is 3.85. The summed E-state index contributed by atoms with van der Waals surface area (Å²) in [6.07, 6.45) is 2.94. The quantitative estimate of drug-likeness (QED) is 0.876. The first kappa shape index (κ1) is 12.0. The molecule has 2 rings (SSSR count). The summed E-state index contributed by atoms with van der Waals surface area (Å²) in [4.78, 5) is 25.1. The van der Waals surface area contributed by atoms with E-state index in [-0.39, 0.29) is 5.56 Å². The Kier molecular flexibility index (Phi) is 3.18. The summed E-state index contributed by atoms with van der Waals surface area (Å²) in [5.74, 6) is -0.284. The number of carboxylic acids is 1. The van der Waals surface area contributed by atoms with E-state index in [0.29, 0.717) is 17.3 Å². The molecule has 0 bridgehead atoms. The lowest BCUT2D eigenvalue weighted by atomic mass is 10.2. The standard InChI is InChI=1S/C12H12N4O2/c1-16(2)11-8(12(17)18)7-14-10(15-11)9-5-3-4-6-13-9/h3-7H,1-2H3,(H,17,18). The average molecular weight is 244 g/mol. The van der Waals surface area contributed by atoms with Crippen LogP contribution in [0.1, 0.15) is 10.4 Å². The maximum atomic E-state index is 11.1. The molecule has 2 heterocycles. The zero-order valence-electron chi connectivity index (χ0n) is 10.0. The third-order valence-electron chi connectivity index (χ3n) is 2.32. The van der Waals surface area contributed by atoms with Crippen molar-refractivity contribution in [3.05, 3.63) is 36.2 Å². The lowest BCUT2D eigenvalue weighted by molar-refractivity contribution is 0.0697. The number of carbonyl (C=O) groups is 1. The summed E-state index contributed by atoms with van der Waals surface area (Å²) >= 11 is 0. The van der Waals surface area contributed by atoms with Crippen molar-refractivity contribution < 1.29 is 9.90 Å². The van der Waals surface area contributed by atoms with Crippen molar-refractivity contribution in [2.45, 2.75) is 0 Å². The number of rotatable bonds is 3. The Labute approximate surface area is 104 Å². The first-order valence-corrected chi connectivity index (χ1v) is 5.28. The molecule has 0 radical (unpaired) electrons. The van der Waals surface area contributed by atoms with Gasteiger partial charge in [0.2, 0.25) is 0 Å². The Morgan fingerprint density at radius 1 is 1.28 bits per heavy atom. The van der Waals surface area contributed by atoms with Crippen LogP contribution in [0, 0.1) is 0 Å². The Balaban J connectivity index is 2.54. The number of nitrogens with zero attached hydrogens (tertiary/aromatic N) is 4. The van der Waals surface area contributed by atoms with E-state index in [1.54, 1.807) is 37.3 Å². The molecule has 0 saturated carbocycles. The van der Waals surface area contributed by atoms with Crippen LogP contribution in [0.2, 0.25) is 0 Å². The van der Waals surface area contributed by atoms with Crippen molar-refractivity contribution in [3.8, 4) is 11.5 Å². The number of anilines is 1. The largest absolute Gasteiger partial charge is 0.477 e. The SMILES string of the molecule is CN(C)c1nc(-c2ccccn2)ncc1C(=O)O. The van der Waals surface area contributed by atoms with Crippen molar-refractivity contribution >= 4 is 11.8 Å². The van der Waals surface area contributed by atoms with E-state index in [1.807, 2.05) is 6.07 Å². The summed E-state index contributed by atoms with van der Waals surface area (Å²) in [5.41, 5.74) is 0.678. The minimum Gasteiger partial charge on any atom is -0.477 e. The smallest absolute Gasteiger partial charge is 0.341 e. The molecule has 0 aliphatic carbocycles. The number of hydrogen-bond acceptors (Lipinski definition) is 5. The van der Waals surface area contributed by atoms with Crippen molar-refractivity contribution in [1.82, 2.24) is 15.0 Å². The van der Waals surface area contributed by atoms with Gasteiger partial charge in [0.15, 0.2) is 5.82 Å². The van der Waals surface area contributed by atoms with Crippen molar-refractivity contribution in [1.29, 1.82) is 0 Å². The number of hydrogen-bond donors (Lipinski definition) is 1. The van der Waals surface area contributed by atoms with Crippen LogP contribution >= 0.6 is 0 Å². The van der Waals surface area contributed by atoms with Gasteiger partial charge in [-0.15, -0.1) is 0 Å². The van der Waals surface area contributed by atoms with Gasteiger partial charge in [0, 0.05) is 26.5 Å². The minimum absolute atomic E-state index is 0.0691. The topological polar surface area (TPSA) is 79.2 Å². The van der Waals surface area contributed by atoms with Gasteiger partial charge >= 0.3 is 5.97 Å². The van der Waals surface area contributed by atoms with E-state index in [2.05, 4.69) is 15.0 Å². The Bertz CT molecular complexity index is 570. The molecule has 18 heavy (non-hydrogen) atoms. The fourth-order valence-electron chi connectivity index (χ4n) is 1.48. The molecule has 0 aliphatic rings. The molecule has 0 amide bonds. The van der Waals surface area contributed by atoms with Crippen molar-refractivity contribution in [2.75, 3.05) is 19.0 Å². The summed E-state index contributed by atoms with van der Waals surface area (Å²) < 4.78 is 0. The zero-order chi connectivity index (χ0) is 13.1. The maximum absolute atomic E-state index is 11.1. The highest BCUT2D eigenvalue weighted by Gasteiger charge is 2.16.